The van der Waals surface area contributed by atoms with Crippen molar-refractivity contribution in [2.24, 2.45) is 0 Å². The second-order valence-electron chi connectivity index (χ2n) is 12.4. The van der Waals surface area contributed by atoms with E-state index in [2.05, 4.69) is 82.1 Å². The van der Waals surface area contributed by atoms with E-state index in [1.54, 1.807) is 24.3 Å². The van der Waals surface area contributed by atoms with Gasteiger partial charge in [-0.3, -0.25) is 20.2 Å². The maximum atomic E-state index is 10.8. The van der Waals surface area contributed by atoms with Crippen LogP contribution in [0.5, 0.6) is 0 Å². The molecule has 2 heterocycles. The minimum atomic E-state index is -0.359. The van der Waals surface area contributed by atoms with E-state index in [1.165, 1.54) is 46.5 Å². The zero-order valence-corrected chi connectivity index (χ0v) is 28.6. The fourth-order valence-corrected chi connectivity index (χ4v) is 6.62. The SMILES string of the molecule is CC(C)=Cc1ccc2c(c1)N(CCc1ccc([N+](=O)[O-])cc1)CCC2.O=[N+]([O-])c1ccc(CCN2CCCc3ccc(Br)cc32)cc1. The summed E-state index contributed by atoms with van der Waals surface area (Å²) in [5.41, 5.74) is 10.6. The van der Waals surface area contributed by atoms with Gasteiger partial charge in [0.15, 0.2) is 0 Å². The van der Waals surface area contributed by atoms with Crippen LogP contribution in [0.25, 0.3) is 6.08 Å². The van der Waals surface area contributed by atoms with Crippen molar-refractivity contribution in [2.75, 3.05) is 36.0 Å². The molecule has 0 fully saturated rings. The number of nitro benzene ring substituents is 2. The van der Waals surface area contributed by atoms with Gasteiger partial charge in [-0.15, -0.1) is 0 Å². The van der Waals surface area contributed by atoms with Gasteiger partial charge in [0.25, 0.3) is 11.4 Å². The first kappa shape index (κ1) is 33.9. The highest BCUT2D eigenvalue weighted by molar-refractivity contribution is 9.10. The highest BCUT2D eigenvalue weighted by atomic mass is 79.9. The first-order valence-corrected chi connectivity index (χ1v) is 17.0. The Labute approximate surface area is 285 Å². The molecule has 8 nitrogen and oxygen atoms in total. The molecular weight excluding hydrogens is 656 g/mol. The highest BCUT2D eigenvalue weighted by Crippen LogP contribution is 2.31. The molecule has 2 aliphatic heterocycles. The molecule has 0 unspecified atom stereocenters. The van der Waals surface area contributed by atoms with Gasteiger partial charge in [0.2, 0.25) is 0 Å². The van der Waals surface area contributed by atoms with Gasteiger partial charge < -0.3 is 9.80 Å². The van der Waals surface area contributed by atoms with Crippen molar-refractivity contribution in [1.82, 2.24) is 0 Å². The number of non-ortho nitro benzene ring substituents is 2. The molecule has 0 radical (unpaired) electrons. The summed E-state index contributed by atoms with van der Waals surface area (Å²) in [6.45, 7) is 8.23. The number of fused-ring (bicyclic) bond motifs is 2. The quantitative estimate of drug-likeness (QED) is 0.128. The number of hydrogen-bond donors (Lipinski definition) is 0. The number of benzene rings is 4. The molecule has 4 aromatic rings. The van der Waals surface area contributed by atoms with Crippen LogP contribution in [0.15, 0.2) is 95.0 Å². The van der Waals surface area contributed by atoms with E-state index >= 15 is 0 Å². The Balaban J connectivity index is 0.000000186. The zero-order chi connectivity index (χ0) is 33.3. The van der Waals surface area contributed by atoms with Gasteiger partial charge in [-0.05, 0) is 98.4 Å². The van der Waals surface area contributed by atoms with Crippen LogP contribution in [0, 0.1) is 20.2 Å². The lowest BCUT2D eigenvalue weighted by molar-refractivity contribution is -0.385. The molecule has 6 rings (SSSR count). The number of halogens is 1. The van der Waals surface area contributed by atoms with Crippen molar-refractivity contribution in [3.63, 3.8) is 0 Å². The Morgan fingerprint density at radius 3 is 1.64 bits per heavy atom. The predicted molar refractivity (Wildman–Crippen MR) is 195 cm³/mol. The Bertz CT molecular complexity index is 1730. The molecule has 0 bridgehead atoms. The van der Waals surface area contributed by atoms with Crippen LogP contribution in [-0.2, 0) is 25.7 Å². The lowest BCUT2D eigenvalue weighted by atomic mass is 9.98. The van der Waals surface area contributed by atoms with Crippen molar-refractivity contribution in [3.8, 4) is 0 Å². The van der Waals surface area contributed by atoms with Gasteiger partial charge in [-0.1, -0.05) is 70.0 Å². The summed E-state index contributed by atoms with van der Waals surface area (Å²) in [5, 5.41) is 21.4. The normalized spacial score (nSPS) is 13.5. The molecule has 47 heavy (non-hydrogen) atoms. The average Bonchev–Trinajstić information content (AvgIpc) is 3.06. The van der Waals surface area contributed by atoms with Gasteiger partial charge >= 0.3 is 0 Å². The van der Waals surface area contributed by atoms with Crippen molar-refractivity contribution in [3.05, 3.63) is 143 Å². The number of hydrogen-bond acceptors (Lipinski definition) is 6. The van der Waals surface area contributed by atoms with Gasteiger partial charge in [0, 0.05) is 66.3 Å². The molecule has 0 N–H and O–H groups in total. The molecule has 9 heteroatoms. The number of anilines is 2. The van der Waals surface area contributed by atoms with Gasteiger partial charge in [-0.25, -0.2) is 0 Å². The van der Waals surface area contributed by atoms with Crippen LogP contribution in [0.2, 0.25) is 0 Å². The fourth-order valence-electron chi connectivity index (χ4n) is 6.28. The van der Waals surface area contributed by atoms with Gasteiger partial charge in [-0.2, -0.15) is 0 Å². The van der Waals surface area contributed by atoms with Crippen LogP contribution in [0.1, 0.15) is 54.5 Å². The highest BCUT2D eigenvalue weighted by Gasteiger charge is 2.18. The third-order valence-corrected chi connectivity index (χ3v) is 9.17. The van der Waals surface area contributed by atoms with E-state index in [9.17, 15) is 20.2 Å². The molecule has 4 aromatic carbocycles. The molecule has 0 aromatic heterocycles. The third kappa shape index (κ3) is 9.29. The van der Waals surface area contributed by atoms with Crippen molar-refractivity contribution >= 4 is 44.8 Å². The van der Waals surface area contributed by atoms with Crippen LogP contribution < -0.4 is 9.80 Å². The standard InChI is InChI=1S/C21H24N2O2.C17H17BrN2O2/c1-16(2)14-18-5-8-19-4-3-12-22(21(19)15-18)13-11-17-6-9-20(10-7-17)23(24)25;18-15-6-5-14-2-1-10-19(17(14)12-15)11-9-13-3-7-16(8-4-13)20(21)22/h5-10,14-15H,3-4,11-13H2,1-2H3;3-8,12H,1-2,9-11H2. The molecule has 0 spiro atoms. The summed E-state index contributed by atoms with van der Waals surface area (Å²) >= 11 is 3.54. The third-order valence-electron chi connectivity index (χ3n) is 8.68. The Morgan fingerprint density at radius 1 is 0.702 bits per heavy atom. The summed E-state index contributed by atoms with van der Waals surface area (Å²) in [6.07, 6.45) is 8.62. The maximum absolute atomic E-state index is 10.8. The largest absolute Gasteiger partial charge is 0.371 e. The van der Waals surface area contributed by atoms with Gasteiger partial charge in [0.1, 0.15) is 0 Å². The summed E-state index contributed by atoms with van der Waals surface area (Å²) in [6, 6.07) is 27.0. The molecule has 0 amide bonds. The number of aryl methyl sites for hydroxylation is 2. The van der Waals surface area contributed by atoms with E-state index in [4.69, 9.17) is 0 Å². The van der Waals surface area contributed by atoms with E-state index in [1.807, 2.05) is 24.3 Å². The van der Waals surface area contributed by atoms with E-state index in [0.717, 1.165) is 67.5 Å². The van der Waals surface area contributed by atoms with Crippen LogP contribution in [-0.4, -0.2) is 36.0 Å². The van der Waals surface area contributed by atoms with Crippen molar-refractivity contribution in [2.45, 2.75) is 52.4 Å². The number of allylic oxidation sites excluding steroid dienone is 1. The minimum absolute atomic E-state index is 0.149. The van der Waals surface area contributed by atoms with Crippen LogP contribution in [0.3, 0.4) is 0 Å². The zero-order valence-electron chi connectivity index (χ0n) is 27.0. The number of nitro groups is 2. The topological polar surface area (TPSA) is 92.8 Å². The maximum Gasteiger partial charge on any atom is 0.269 e. The molecule has 0 saturated carbocycles. The molecule has 0 atom stereocenters. The van der Waals surface area contributed by atoms with E-state index in [0.29, 0.717) is 0 Å². The second-order valence-corrected chi connectivity index (χ2v) is 13.3. The summed E-state index contributed by atoms with van der Waals surface area (Å²) in [5.74, 6) is 0. The minimum Gasteiger partial charge on any atom is -0.371 e. The summed E-state index contributed by atoms with van der Waals surface area (Å²) < 4.78 is 1.11. The molecule has 244 valence electrons. The Kier molecular flexibility index (Phi) is 11.4. The van der Waals surface area contributed by atoms with Crippen molar-refractivity contribution in [1.29, 1.82) is 0 Å². The smallest absolute Gasteiger partial charge is 0.269 e. The molecule has 0 saturated heterocycles. The fraction of sp³-hybridized carbons (Fsp3) is 0.316. The average molecular weight is 698 g/mol. The lowest BCUT2D eigenvalue weighted by Gasteiger charge is -2.31. The second kappa shape index (κ2) is 15.9. The Morgan fingerprint density at radius 2 is 1.17 bits per heavy atom. The molecular formula is C38H41BrN4O4. The number of rotatable bonds is 9. The molecule has 2 aliphatic rings. The van der Waals surface area contributed by atoms with Gasteiger partial charge in [0.05, 0.1) is 9.85 Å². The summed E-state index contributed by atoms with van der Waals surface area (Å²) in [7, 11) is 0. The molecule has 0 aliphatic carbocycles. The first-order chi connectivity index (χ1) is 22.7. The lowest BCUT2D eigenvalue weighted by Crippen LogP contribution is -2.31. The van der Waals surface area contributed by atoms with Crippen LogP contribution >= 0.6 is 15.9 Å². The number of nitrogens with zero attached hydrogens (tertiary/aromatic N) is 4. The Hall–Kier alpha value is -4.50. The first-order valence-electron chi connectivity index (χ1n) is 16.2. The van der Waals surface area contributed by atoms with E-state index < -0.39 is 0 Å². The van der Waals surface area contributed by atoms with E-state index in [-0.39, 0.29) is 21.2 Å². The van der Waals surface area contributed by atoms with Crippen LogP contribution in [0.4, 0.5) is 22.7 Å². The monoisotopic (exact) mass is 696 g/mol. The summed E-state index contributed by atoms with van der Waals surface area (Å²) in [4.78, 5) is 25.6. The van der Waals surface area contributed by atoms with Crippen molar-refractivity contribution < 1.29 is 9.85 Å². The predicted octanol–water partition coefficient (Wildman–Crippen LogP) is 9.37.